The fraction of sp³-hybridized carbons (Fsp3) is 0.565. The Kier molecular flexibility index (Phi) is 5.71. The van der Waals surface area contributed by atoms with Crippen LogP contribution in [0.15, 0.2) is 18.2 Å². The number of fused-ring (bicyclic) bond motifs is 1. The summed E-state index contributed by atoms with van der Waals surface area (Å²) in [6, 6.07) is 2.07. The van der Waals surface area contributed by atoms with Gasteiger partial charge in [0.25, 0.3) is 0 Å². The predicted molar refractivity (Wildman–Crippen MR) is 114 cm³/mol. The van der Waals surface area contributed by atoms with Gasteiger partial charge in [-0.05, 0) is 49.8 Å². The van der Waals surface area contributed by atoms with E-state index in [-0.39, 0.29) is 23.8 Å². The molecule has 3 heterocycles. The predicted octanol–water partition coefficient (Wildman–Crippen LogP) is 3.28. The molecular weight excluding hydrogens is 470 g/mol. The number of halogens is 4. The molecule has 0 radical (unpaired) electrons. The lowest BCUT2D eigenvalue weighted by Gasteiger charge is -2.61. The van der Waals surface area contributed by atoms with Crippen molar-refractivity contribution in [3.05, 3.63) is 46.5 Å². The van der Waals surface area contributed by atoms with Crippen LogP contribution in [0.3, 0.4) is 0 Å². The van der Waals surface area contributed by atoms with Crippen molar-refractivity contribution in [3.63, 3.8) is 0 Å². The summed E-state index contributed by atoms with van der Waals surface area (Å²) >= 11 is 0. The van der Waals surface area contributed by atoms with Crippen LogP contribution in [0.5, 0.6) is 0 Å². The molecule has 2 aliphatic heterocycles. The lowest BCUT2D eigenvalue weighted by molar-refractivity contribution is -0.165. The van der Waals surface area contributed by atoms with E-state index in [1.807, 2.05) is 0 Å². The summed E-state index contributed by atoms with van der Waals surface area (Å²) in [5, 5.41) is 20.1. The first-order valence-electron chi connectivity index (χ1n) is 11.6. The van der Waals surface area contributed by atoms with Gasteiger partial charge in [0.05, 0.1) is 17.0 Å². The van der Waals surface area contributed by atoms with Gasteiger partial charge < -0.3 is 14.9 Å². The van der Waals surface area contributed by atoms with E-state index < -0.39 is 35.1 Å². The van der Waals surface area contributed by atoms with Crippen LogP contribution in [0.1, 0.15) is 41.8 Å². The second kappa shape index (κ2) is 8.49. The molecule has 1 aromatic carbocycles. The molecule has 2 aromatic rings. The largest absolute Gasteiger partial charge is 0.465 e. The Labute approximate surface area is 198 Å². The highest BCUT2D eigenvalue weighted by atomic mass is 19.4. The summed E-state index contributed by atoms with van der Waals surface area (Å²) in [7, 11) is 0. The molecule has 5 rings (SSSR count). The van der Waals surface area contributed by atoms with Crippen molar-refractivity contribution < 1.29 is 32.3 Å². The third-order valence-electron chi connectivity index (χ3n) is 7.90. The molecule has 0 saturated carbocycles. The highest BCUT2D eigenvalue weighted by Gasteiger charge is 2.56. The summed E-state index contributed by atoms with van der Waals surface area (Å²) in [4.78, 5) is 27.9. The Balaban J connectivity index is 1.38. The van der Waals surface area contributed by atoms with Gasteiger partial charge in [-0.15, -0.1) is 0 Å². The smallest absolute Gasteiger partial charge is 0.416 e. The monoisotopic (exact) mass is 495 g/mol. The number of hydrogen-bond acceptors (Lipinski definition) is 4. The van der Waals surface area contributed by atoms with E-state index in [1.54, 1.807) is 4.90 Å². The fourth-order valence-corrected chi connectivity index (χ4v) is 5.79. The minimum Gasteiger partial charge on any atom is -0.465 e. The van der Waals surface area contributed by atoms with Crippen molar-refractivity contribution >= 4 is 12.0 Å². The van der Waals surface area contributed by atoms with Crippen LogP contribution in [0, 0.1) is 17.2 Å². The molecule has 2 atom stereocenters. The van der Waals surface area contributed by atoms with Crippen LogP contribution < -0.4 is 0 Å². The maximum Gasteiger partial charge on any atom is 0.416 e. The van der Waals surface area contributed by atoms with Gasteiger partial charge in [0.15, 0.2) is 0 Å². The number of hydrogen-bond donors (Lipinski definition) is 2. The maximum absolute atomic E-state index is 14.7. The molecule has 188 valence electrons. The average molecular weight is 495 g/mol. The van der Waals surface area contributed by atoms with Crippen molar-refractivity contribution in [2.24, 2.45) is 11.3 Å². The highest BCUT2D eigenvalue weighted by molar-refractivity contribution is 5.81. The zero-order valence-electron chi connectivity index (χ0n) is 18.8. The number of carbonyl (C=O) groups is 2. The molecule has 2 saturated heterocycles. The Morgan fingerprint density at radius 3 is 2.54 bits per heavy atom. The normalized spacial score (nSPS) is 23.7. The van der Waals surface area contributed by atoms with Crippen LogP contribution >= 0.6 is 0 Å². The molecule has 2 fully saturated rings. The average Bonchev–Trinajstić information content (AvgIpc) is 3.29. The number of carbonyl (C=O) groups excluding carboxylic acids is 1. The fourth-order valence-electron chi connectivity index (χ4n) is 5.79. The topological polar surface area (TPSA) is 102 Å². The molecule has 2 amide bonds. The first-order chi connectivity index (χ1) is 16.6. The molecule has 35 heavy (non-hydrogen) atoms. The summed E-state index contributed by atoms with van der Waals surface area (Å²) in [5.74, 6) is -1.34. The lowest BCUT2D eigenvalue weighted by Crippen LogP contribution is -2.70. The first kappa shape index (κ1) is 23.6. The third-order valence-corrected chi connectivity index (χ3v) is 7.90. The lowest BCUT2D eigenvalue weighted by atomic mass is 9.63. The van der Waals surface area contributed by atoms with E-state index >= 15 is 0 Å². The zero-order valence-corrected chi connectivity index (χ0v) is 18.8. The summed E-state index contributed by atoms with van der Waals surface area (Å²) in [6.07, 6.45) is -2.90. The summed E-state index contributed by atoms with van der Waals surface area (Å²) in [6.45, 7) is 1.03. The number of carboxylic acid groups (broad SMARTS) is 1. The van der Waals surface area contributed by atoms with Gasteiger partial charge in [-0.3, -0.25) is 4.79 Å². The van der Waals surface area contributed by atoms with Gasteiger partial charge in [-0.1, -0.05) is 6.07 Å². The Hall–Kier alpha value is -3.18. The molecule has 0 bridgehead atoms. The number of aromatic amines is 1. The second-order valence-electron chi connectivity index (χ2n) is 9.78. The number of benzene rings is 1. The van der Waals surface area contributed by atoms with Crippen LogP contribution in [0.4, 0.5) is 22.4 Å². The molecule has 1 aromatic heterocycles. The Morgan fingerprint density at radius 1 is 1.17 bits per heavy atom. The van der Waals surface area contributed by atoms with Gasteiger partial charge in [-0.2, -0.15) is 28.6 Å². The van der Waals surface area contributed by atoms with Crippen LogP contribution in [0.2, 0.25) is 0 Å². The number of aryl methyl sites for hydroxylation is 1. The minimum absolute atomic E-state index is 0.0741. The summed E-state index contributed by atoms with van der Waals surface area (Å²) in [5.41, 5.74) is 0.256. The molecule has 8 nitrogen and oxygen atoms in total. The van der Waals surface area contributed by atoms with Crippen molar-refractivity contribution in [3.8, 4) is 0 Å². The van der Waals surface area contributed by atoms with Crippen LogP contribution in [0.25, 0.3) is 0 Å². The van der Waals surface area contributed by atoms with Gasteiger partial charge in [0.1, 0.15) is 5.82 Å². The molecule has 3 aliphatic rings. The van der Waals surface area contributed by atoms with E-state index in [0.29, 0.717) is 57.8 Å². The standard InChI is InChI=1S/C23H25F4N5O3/c24-16-11-15(23(25,26)27)3-1-13(16)10-19-22(5-7-31(8-6-22)21(34)35)12-32(19)20(33)14-2-4-17-18(9-14)29-30-28-17/h1,3,11,14,19H,2,4-10,12H2,(H,34,35)(H,28,29,30). The van der Waals surface area contributed by atoms with Crippen molar-refractivity contribution in [1.29, 1.82) is 0 Å². The Morgan fingerprint density at radius 2 is 1.89 bits per heavy atom. The van der Waals surface area contributed by atoms with Crippen molar-refractivity contribution in [2.75, 3.05) is 19.6 Å². The van der Waals surface area contributed by atoms with E-state index in [9.17, 15) is 32.3 Å². The molecule has 1 spiro atoms. The van der Waals surface area contributed by atoms with Gasteiger partial charge in [0, 0.05) is 43.4 Å². The molecule has 12 heteroatoms. The van der Waals surface area contributed by atoms with Gasteiger partial charge >= 0.3 is 12.3 Å². The number of amides is 2. The maximum atomic E-state index is 14.7. The second-order valence-corrected chi connectivity index (χ2v) is 9.78. The molecule has 2 N–H and O–H groups in total. The van der Waals surface area contributed by atoms with Crippen molar-refractivity contribution in [1.82, 2.24) is 25.2 Å². The number of nitrogens with one attached hydrogen (secondary N) is 1. The SMILES string of the molecule is O=C(O)N1CCC2(CC1)CN(C(=O)C1CCc3n[nH]nc3C1)C2Cc1ccc(C(F)(F)F)cc1F. The van der Waals surface area contributed by atoms with E-state index in [2.05, 4.69) is 15.4 Å². The van der Waals surface area contributed by atoms with Crippen LogP contribution in [-0.4, -0.2) is 68.0 Å². The zero-order chi connectivity index (χ0) is 25.0. The van der Waals surface area contributed by atoms with E-state index in [4.69, 9.17) is 0 Å². The Bertz CT molecular complexity index is 1140. The highest BCUT2D eigenvalue weighted by Crippen LogP contribution is 2.49. The third kappa shape index (κ3) is 4.23. The minimum atomic E-state index is -4.65. The number of rotatable bonds is 3. The van der Waals surface area contributed by atoms with Crippen LogP contribution in [-0.2, 0) is 30.2 Å². The number of nitrogens with zero attached hydrogens (tertiary/aromatic N) is 4. The molecule has 1 aliphatic carbocycles. The quantitative estimate of drug-likeness (QED) is 0.637. The summed E-state index contributed by atoms with van der Waals surface area (Å²) < 4.78 is 53.7. The number of alkyl halides is 3. The molecular formula is C23H25F4N5O3. The number of aromatic nitrogens is 3. The van der Waals surface area contributed by atoms with Gasteiger partial charge in [-0.25, -0.2) is 9.18 Å². The first-order valence-corrected chi connectivity index (χ1v) is 11.6. The number of H-pyrrole nitrogens is 1. The molecule has 2 unspecified atom stereocenters. The van der Waals surface area contributed by atoms with Crippen molar-refractivity contribution in [2.45, 2.75) is 50.7 Å². The van der Waals surface area contributed by atoms with E-state index in [1.165, 1.54) is 4.90 Å². The number of likely N-dealkylation sites (tertiary alicyclic amines) is 2. The van der Waals surface area contributed by atoms with Gasteiger partial charge in [0.2, 0.25) is 5.91 Å². The number of piperidine rings is 1. The van der Waals surface area contributed by atoms with E-state index in [0.717, 1.165) is 23.5 Å².